The van der Waals surface area contributed by atoms with Gasteiger partial charge in [0.25, 0.3) is 0 Å². The monoisotopic (exact) mass is 516 g/mol. The third-order valence-electron chi connectivity index (χ3n) is 6.23. The Hall–Kier alpha value is -1.90. The van der Waals surface area contributed by atoms with E-state index in [-0.39, 0.29) is 33.0 Å². The van der Waals surface area contributed by atoms with Crippen LogP contribution in [0.3, 0.4) is 0 Å². The molecule has 0 aliphatic carbocycles. The largest absolute Gasteiger partial charge is 0.417 e. The van der Waals surface area contributed by atoms with Crippen molar-refractivity contribution in [3.8, 4) is 0 Å². The summed E-state index contributed by atoms with van der Waals surface area (Å²) in [4.78, 5) is 12.6. The molecule has 2 aliphatic rings. The molecule has 2 aliphatic heterocycles. The van der Waals surface area contributed by atoms with E-state index in [1.165, 1.54) is 25.2 Å². The van der Waals surface area contributed by atoms with Gasteiger partial charge in [-0.3, -0.25) is 14.0 Å². The van der Waals surface area contributed by atoms with Gasteiger partial charge in [0.15, 0.2) is 11.3 Å². The van der Waals surface area contributed by atoms with Gasteiger partial charge in [-0.2, -0.15) is 18.3 Å². The second-order valence-electron chi connectivity index (χ2n) is 8.56. The molecule has 33 heavy (non-hydrogen) atoms. The SMILES string of the molecule is Cc1cc(C2=NN(C)C(c3cc(Cl)cc(Cl)c3)(C(F)(F)F)C2)ccc1C(=O)CC1CS(=O)C1. The molecule has 1 saturated heterocycles. The first kappa shape index (κ1) is 24.2. The fraction of sp³-hybridized carbons (Fsp3) is 0.391. The maximum atomic E-state index is 14.5. The van der Waals surface area contributed by atoms with Crippen LogP contribution in [0.5, 0.6) is 0 Å². The van der Waals surface area contributed by atoms with Crippen molar-refractivity contribution in [2.45, 2.75) is 31.5 Å². The smallest absolute Gasteiger partial charge is 0.294 e. The molecule has 2 heterocycles. The lowest BCUT2D eigenvalue weighted by atomic mass is 9.83. The van der Waals surface area contributed by atoms with Crippen LogP contribution < -0.4 is 0 Å². The van der Waals surface area contributed by atoms with Crippen LogP contribution in [0.1, 0.15) is 39.9 Å². The minimum Gasteiger partial charge on any atom is -0.294 e. The van der Waals surface area contributed by atoms with Crippen LogP contribution in [0.15, 0.2) is 41.5 Å². The average Bonchev–Trinajstić information content (AvgIpc) is 3.04. The second-order valence-corrected chi connectivity index (χ2v) is 11.0. The Morgan fingerprint density at radius 1 is 1.18 bits per heavy atom. The molecular formula is C23H21Cl2F3N2O2S. The quantitative estimate of drug-likeness (QED) is 0.475. The van der Waals surface area contributed by atoms with Gasteiger partial charge in [0, 0.05) is 57.8 Å². The number of carbonyl (C=O) groups excluding carboxylic acids is 1. The summed E-state index contributed by atoms with van der Waals surface area (Å²) < 4.78 is 54.7. The highest BCUT2D eigenvalue weighted by molar-refractivity contribution is 7.86. The fourth-order valence-corrected chi connectivity index (χ4v) is 6.19. The zero-order valence-corrected chi connectivity index (χ0v) is 20.2. The topological polar surface area (TPSA) is 49.7 Å². The number of hydrogen-bond donors (Lipinski definition) is 0. The zero-order chi connectivity index (χ0) is 24.1. The highest BCUT2D eigenvalue weighted by Crippen LogP contribution is 2.50. The van der Waals surface area contributed by atoms with Gasteiger partial charge in [-0.05, 0) is 53.8 Å². The number of alkyl halides is 3. The summed E-state index contributed by atoms with van der Waals surface area (Å²) in [5.74, 6) is 1.16. The van der Waals surface area contributed by atoms with Gasteiger partial charge < -0.3 is 0 Å². The van der Waals surface area contributed by atoms with E-state index in [4.69, 9.17) is 23.2 Å². The Morgan fingerprint density at radius 2 is 1.82 bits per heavy atom. The number of carbonyl (C=O) groups is 1. The van der Waals surface area contributed by atoms with Gasteiger partial charge in [-0.15, -0.1) is 0 Å². The lowest BCUT2D eigenvalue weighted by Crippen LogP contribution is -2.50. The van der Waals surface area contributed by atoms with E-state index in [1.807, 2.05) is 0 Å². The Bertz CT molecular complexity index is 1160. The molecule has 0 saturated carbocycles. The maximum absolute atomic E-state index is 14.5. The number of aryl methyl sites for hydroxylation is 1. The lowest BCUT2D eigenvalue weighted by molar-refractivity contribution is -0.227. The van der Waals surface area contributed by atoms with Crippen molar-refractivity contribution < 1.29 is 22.2 Å². The average molecular weight is 517 g/mol. The highest BCUT2D eigenvalue weighted by Gasteiger charge is 2.62. The molecule has 0 amide bonds. The number of halogens is 5. The predicted molar refractivity (Wildman–Crippen MR) is 125 cm³/mol. The summed E-state index contributed by atoms with van der Waals surface area (Å²) in [6, 6.07) is 8.86. The summed E-state index contributed by atoms with van der Waals surface area (Å²) in [5.41, 5.74) is -0.553. The van der Waals surface area contributed by atoms with Crippen LogP contribution in [-0.4, -0.2) is 45.4 Å². The van der Waals surface area contributed by atoms with Crippen molar-refractivity contribution in [1.82, 2.24) is 5.01 Å². The van der Waals surface area contributed by atoms with Gasteiger partial charge in [0.1, 0.15) is 0 Å². The molecule has 0 aromatic heterocycles. The molecule has 2 aromatic rings. The predicted octanol–water partition coefficient (Wildman–Crippen LogP) is 5.75. The van der Waals surface area contributed by atoms with Crippen molar-refractivity contribution >= 4 is 45.5 Å². The third-order valence-corrected chi connectivity index (χ3v) is 8.36. The maximum Gasteiger partial charge on any atom is 0.417 e. The van der Waals surface area contributed by atoms with Gasteiger partial charge in [-0.25, -0.2) is 0 Å². The molecule has 0 N–H and O–H groups in total. The number of ketones is 1. The molecule has 1 unspecified atom stereocenters. The first-order chi connectivity index (χ1) is 15.4. The van der Waals surface area contributed by atoms with Crippen LogP contribution in [0.25, 0.3) is 0 Å². The Morgan fingerprint density at radius 3 is 2.36 bits per heavy atom. The highest BCUT2D eigenvalue weighted by atomic mass is 35.5. The summed E-state index contributed by atoms with van der Waals surface area (Å²) in [5, 5.41) is 5.36. The zero-order valence-electron chi connectivity index (χ0n) is 17.9. The molecule has 1 fully saturated rings. The molecule has 176 valence electrons. The van der Waals surface area contributed by atoms with Crippen LogP contribution >= 0.6 is 23.2 Å². The van der Waals surface area contributed by atoms with E-state index in [1.54, 1.807) is 25.1 Å². The molecule has 0 radical (unpaired) electrons. The lowest BCUT2D eigenvalue weighted by Gasteiger charge is -2.37. The van der Waals surface area contributed by atoms with Crippen LogP contribution in [0, 0.1) is 12.8 Å². The Balaban J connectivity index is 1.64. The van der Waals surface area contributed by atoms with Crippen molar-refractivity contribution in [2.75, 3.05) is 18.6 Å². The summed E-state index contributed by atoms with van der Waals surface area (Å²) in [6.45, 7) is 1.75. The molecule has 0 bridgehead atoms. The molecule has 10 heteroatoms. The minimum absolute atomic E-state index is 0.0514. The van der Waals surface area contributed by atoms with E-state index in [0.29, 0.717) is 34.6 Å². The fourth-order valence-electron chi connectivity index (χ4n) is 4.47. The van der Waals surface area contributed by atoms with Crippen molar-refractivity contribution in [1.29, 1.82) is 0 Å². The molecule has 4 nitrogen and oxygen atoms in total. The van der Waals surface area contributed by atoms with Crippen LogP contribution in [0.4, 0.5) is 13.2 Å². The molecule has 1 atom stereocenters. The number of benzene rings is 2. The van der Waals surface area contributed by atoms with Crippen molar-refractivity contribution in [2.24, 2.45) is 11.0 Å². The normalized spacial score (nSPS) is 25.1. The van der Waals surface area contributed by atoms with E-state index < -0.39 is 28.9 Å². The van der Waals surface area contributed by atoms with E-state index in [2.05, 4.69) is 5.10 Å². The molecule has 0 spiro atoms. The van der Waals surface area contributed by atoms with Gasteiger partial charge in [-0.1, -0.05) is 35.3 Å². The minimum atomic E-state index is -4.66. The molecular weight excluding hydrogens is 496 g/mol. The Kier molecular flexibility index (Phi) is 6.39. The van der Waals surface area contributed by atoms with E-state index in [0.717, 1.165) is 5.01 Å². The van der Waals surface area contributed by atoms with Crippen molar-refractivity contribution in [3.63, 3.8) is 0 Å². The number of hydrazone groups is 1. The first-order valence-corrected chi connectivity index (χ1v) is 12.5. The summed E-state index contributed by atoms with van der Waals surface area (Å²) in [6.07, 6.45) is -4.76. The molecule has 2 aromatic carbocycles. The van der Waals surface area contributed by atoms with Crippen LogP contribution in [-0.2, 0) is 16.3 Å². The molecule has 4 rings (SSSR count). The van der Waals surface area contributed by atoms with Crippen LogP contribution in [0.2, 0.25) is 10.0 Å². The second kappa shape index (κ2) is 8.71. The standard InChI is InChI=1S/C23H21Cl2F3N2O2S/c1-13-5-15(3-4-19(13)21(31)6-14-11-33(32)12-14)20-10-22(23(26,27)28,30(2)29-20)16-7-17(24)9-18(25)8-16/h3-5,7-9,14H,6,10-12H2,1-2H3. The number of rotatable bonds is 5. The van der Waals surface area contributed by atoms with Gasteiger partial charge in [0.05, 0.1) is 5.71 Å². The van der Waals surface area contributed by atoms with Crippen molar-refractivity contribution in [3.05, 3.63) is 68.7 Å². The number of nitrogens with zero attached hydrogens (tertiary/aromatic N) is 2. The van der Waals surface area contributed by atoms with Gasteiger partial charge >= 0.3 is 6.18 Å². The Labute approximate surface area is 202 Å². The number of hydrogen-bond acceptors (Lipinski definition) is 4. The third kappa shape index (κ3) is 4.45. The summed E-state index contributed by atoms with van der Waals surface area (Å²) >= 11 is 12.0. The van der Waals surface area contributed by atoms with E-state index >= 15 is 0 Å². The van der Waals surface area contributed by atoms with Gasteiger partial charge in [0.2, 0.25) is 0 Å². The summed E-state index contributed by atoms with van der Waals surface area (Å²) in [7, 11) is 0.456. The van der Waals surface area contributed by atoms with E-state index in [9.17, 15) is 22.2 Å². The first-order valence-electron chi connectivity index (χ1n) is 10.2. The number of Topliss-reactive ketones (excluding diaryl/α,β-unsaturated/α-hetero) is 1.